The van der Waals surface area contributed by atoms with Crippen LogP contribution in [0.3, 0.4) is 0 Å². The second kappa shape index (κ2) is 4.26. The van der Waals surface area contributed by atoms with Gasteiger partial charge in [-0.15, -0.1) is 11.6 Å². The maximum atomic E-state index is 11.1. The Balaban J connectivity index is 3.05. The number of hydrogen-bond acceptors (Lipinski definition) is 1. The van der Waals surface area contributed by atoms with Crippen molar-refractivity contribution >= 4 is 44.9 Å². The number of carbonyl (C=O) groups is 1. The van der Waals surface area contributed by atoms with Crippen LogP contribution in [-0.4, -0.2) is 11.7 Å². The van der Waals surface area contributed by atoms with Crippen molar-refractivity contribution in [3.05, 3.63) is 33.3 Å². The van der Waals surface area contributed by atoms with Gasteiger partial charge in [0, 0.05) is 10.0 Å². The van der Waals surface area contributed by atoms with E-state index >= 15 is 0 Å². The van der Waals surface area contributed by atoms with Crippen molar-refractivity contribution in [2.45, 2.75) is 0 Å². The number of benzene rings is 1. The monoisotopic (exact) mass is 266 g/mol. The Labute approximate surface area is 88.8 Å². The Bertz CT molecular complexity index is 312. The smallest absolute Gasteiger partial charge is 0.177 e. The van der Waals surface area contributed by atoms with E-state index in [-0.39, 0.29) is 11.7 Å². The molecule has 0 aliphatic carbocycles. The number of halogens is 3. The lowest BCUT2D eigenvalue weighted by Gasteiger charge is -1.99. The summed E-state index contributed by atoms with van der Waals surface area (Å²) >= 11 is 14.3. The van der Waals surface area contributed by atoms with Gasteiger partial charge >= 0.3 is 0 Å². The number of alkyl halides is 1. The quantitative estimate of drug-likeness (QED) is 0.592. The predicted molar refractivity (Wildman–Crippen MR) is 54.2 cm³/mol. The molecule has 0 aliphatic heterocycles. The van der Waals surface area contributed by atoms with Crippen LogP contribution in [0.15, 0.2) is 22.7 Å². The van der Waals surface area contributed by atoms with Gasteiger partial charge in [-0.05, 0) is 34.1 Å². The minimum atomic E-state index is -0.103. The first-order valence-corrected chi connectivity index (χ1v) is 4.90. The molecule has 1 nitrogen and oxygen atoms in total. The second-order valence-electron chi connectivity index (χ2n) is 2.19. The number of carbonyl (C=O) groups excluding carboxylic acids is 1. The van der Waals surface area contributed by atoms with Gasteiger partial charge in [-0.1, -0.05) is 11.6 Å². The molecule has 0 amide bonds. The summed E-state index contributed by atoms with van der Waals surface area (Å²) in [4.78, 5) is 11.1. The molecule has 0 unspecified atom stereocenters. The lowest BCUT2D eigenvalue weighted by Crippen LogP contribution is -1.99. The summed E-state index contributed by atoms with van der Waals surface area (Å²) in [5, 5.41) is 0.584. The summed E-state index contributed by atoms with van der Waals surface area (Å²) in [6.07, 6.45) is 0. The molecular weight excluding hydrogens is 263 g/mol. The standard InChI is InChI=1S/C8H5BrCl2O/c9-6-3-5(8(12)4-10)1-2-7(6)11/h1-3H,4H2. The minimum Gasteiger partial charge on any atom is -0.293 e. The molecule has 0 heterocycles. The zero-order chi connectivity index (χ0) is 9.14. The van der Waals surface area contributed by atoms with E-state index in [9.17, 15) is 4.79 Å². The Morgan fingerprint density at radius 3 is 2.67 bits per heavy atom. The molecule has 0 bridgehead atoms. The van der Waals surface area contributed by atoms with E-state index < -0.39 is 0 Å². The zero-order valence-electron chi connectivity index (χ0n) is 5.98. The molecule has 4 heteroatoms. The second-order valence-corrected chi connectivity index (χ2v) is 3.71. The fourth-order valence-corrected chi connectivity index (χ4v) is 1.40. The van der Waals surface area contributed by atoms with E-state index in [1.54, 1.807) is 18.2 Å². The third kappa shape index (κ3) is 2.22. The average molecular weight is 268 g/mol. The van der Waals surface area contributed by atoms with Crippen LogP contribution in [-0.2, 0) is 0 Å². The first-order valence-electron chi connectivity index (χ1n) is 3.19. The molecule has 64 valence electrons. The highest BCUT2D eigenvalue weighted by Crippen LogP contribution is 2.23. The van der Waals surface area contributed by atoms with E-state index in [1.807, 2.05) is 0 Å². The van der Waals surface area contributed by atoms with Gasteiger partial charge in [0.1, 0.15) is 0 Å². The molecule has 1 rings (SSSR count). The van der Waals surface area contributed by atoms with Crippen LogP contribution in [0.4, 0.5) is 0 Å². The summed E-state index contributed by atoms with van der Waals surface area (Å²) < 4.78 is 0.708. The third-order valence-electron chi connectivity index (χ3n) is 1.36. The van der Waals surface area contributed by atoms with Gasteiger partial charge in [-0.3, -0.25) is 4.79 Å². The summed E-state index contributed by atoms with van der Waals surface area (Å²) in [5.74, 6) is -0.109. The molecule has 0 spiro atoms. The summed E-state index contributed by atoms with van der Waals surface area (Å²) in [5.41, 5.74) is 0.571. The van der Waals surface area contributed by atoms with Gasteiger partial charge in [0.15, 0.2) is 5.78 Å². The fraction of sp³-hybridized carbons (Fsp3) is 0.125. The van der Waals surface area contributed by atoms with Crippen molar-refractivity contribution in [1.29, 1.82) is 0 Å². The number of Topliss-reactive ketones (excluding diaryl/α,β-unsaturated/α-hetero) is 1. The highest BCUT2D eigenvalue weighted by molar-refractivity contribution is 9.10. The van der Waals surface area contributed by atoms with Crippen molar-refractivity contribution < 1.29 is 4.79 Å². The maximum absolute atomic E-state index is 11.1. The van der Waals surface area contributed by atoms with Crippen molar-refractivity contribution in [2.24, 2.45) is 0 Å². The maximum Gasteiger partial charge on any atom is 0.177 e. The van der Waals surface area contributed by atoms with Crippen molar-refractivity contribution in [1.82, 2.24) is 0 Å². The molecule has 0 saturated heterocycles. The van der Waals surface area contributed by atoms with Gasteiger partial charge in [-0.25, -0.2) is 0 Å². The van der Waals surface area contributed by atoms with Crippen LogP contribution in [0.2, 0.25) is 5.02 Å². The van der Waals surface area contributed by atoms with Crippen LogP contribution >= 0.6 is 39.1 Å². The highest BCUT2D eigenvalue weighted by atomic mass is 79.9. The number of hydrogen-bond donors (Lipinski definition) is 0. The zero-order valence-corrected chi connectivity index (χ0v) is 9.08. The molecular formula is C8H5BrCl2O. The van der Waals surface area contributed by atoms with Crippen LogP contribution in [0.25, 0.3) is 0 Å². The van der Waals surface area contributed by atoms with Gasteiger partial charge in [0.25, 0.3) is 0 Å². The third-order valence-corrected chi connectivity index (χ3v) is 2.82. The van der Waals surface area contributed by atoms with E-state index in [0.29, 0.717) is 15.1 Å². The fourth-order valence-electron chi connectivity index (χ4n) is 0.747. The average Bonchev–Trinajstić information content (AvgIpc) is 2.08. The molecule has 0 saturated carbocycles. The largest absolute Gasteiger partial charge is 0.293 e. The molecule has 0 aliphatic rings. The molecule has 0 aromatic heterocycles. The summed E-state index contributed by atoms with van der Waals surface area (Å²) in [7, 11) is 0. The molecule has 0 atom stereocenters. The van der Waals surface area contributed by atoms with Gasteiger partial charge in [-0.2, -0.15) is 0 Å². The summed E-state index contributed by atoms with van der Waals surface area (Å²) in [6.45, 7) is 0. The SMILES string of the molecule is O=C(CCl)c1ccc(Cl)c(Br)c1. The van der Waals surface area contributed by atoms with Gasteiger partial charge < -0.3 is 0 Å². The molecule has 0 radical (unpaired) electrons. The number of rotatable bonds is 2. The highest BCUT2D eigenvalue weighted by Gasteiger charge is 2.05. The summed E-state index contributed by atoms with van der Waals surface area (Å²) in [6, 6.07) is 4.97. The Kier molecular flexibility index (Phi) is 3.56. The Morgan fingerprint density at radius 1 is 1.50 bits per heavy atom. The Hall–Kier alpha value is -0.0500. The van der Waals surface area contributed by atoms with Gasteiger partial charge in [0.2, 0.25) is 0 Å². The van der Waals surface area contributed by atoms with Crippen LogP contribution < -0.4 is 0 Å². The normalized spacial score (nSPS) is 9.92. The van der Waals surface area contributed by atoms with E-state index in [2.05, 4.69) is 15.9 Å². The molecule has 1 aromatic rings. The van der Waals surface area contributed by atoms with E-state index in [4.69, 9.17) is 23.2 Å². The predicted octanol–water partition coefficient (Wildman–Crippen LogP) is 3.52. The minimum absolute atomic E-state index is 0.00588. The molecule has 1 aromatic carbocycles. The molecule has 0 N–H and O–H groups in total. The van der Waals surface area contributed by atoms with Crippen molar-refractivity contribution in [3.63, 3.8) is 0 Å². The molecule has 0 fully saturated rings. The van der Waals surface area contributed by atoms with Crippen molar-refractivity contribution in [3.8, 4) is 0 Å². The molecule has 12 heavy (non-hydrogen) atoms. The van der Waals surface area contributed by atoms with E-state index in [1.165, 1.54) is 0 Å². The Morgan fingerprint density at radius 2 is 2.17 bits per heavy atom. The first-order chi connectivity index (χ1) is 5.65. The van der Waals surface area contributed by atoms with Gasteiger partial charge in [0.05, 0.1) is 10.9 Å². The lowest BCUT2D eigenvalue weighted by atomic mass is 10.1. The van der Waals surface area contributed by atoms with E-state index in [0.717, 1.165) is 0 Å². The first kappa shape index (κ1) is 10.0. The van der Waals surface area contributed by atoms with Crippen LogP contribution in [0.1, 0.15) is 10.4 Å². The van der Waals surface area contributed by atoms with Crippen molar-refractivity contribution in [2.75, 3.05) is 5.88 Å². The number of ketones is 1. The topological polar surface area (TPSA) is 17.1 Å². The van der Waals surface area contributed by atoms with Crippen LogP contribution in [0.5, 0.6) is 0 Å². The van der Waals surface area contributed by atoms with Crippen LogP contribution in [0, 0.1) is 0 Å². The lowest BCUT2D eigenvalue weighted by molar-refractivity contribution is 0.102.